The first-order chi connectivity index (χ1) is 14.1. The molecule has 4 rings (SSSR count). The number of aliphatic imine (C=N–C) groups is 1. The number of hydrogen-bond acceptors (Lipinski definition) is 4. The lowest BCUT2D eigenvalue weighted by atomic mass is 10.1. The summed E-state index contributed by atoms with van der Waals surface area (Å²) in [5.74, 6) is 0.849. The topological polar surface area (TPSA) is 72.5 Å². The third-order valence-corrected chi connectivity index (χ3v) is 5.10. The number of aromatic nitrogens is 4. The Bertz CT molecular complexity index is 985. The number of aryl methyl sites for hydroxylation is 1. The number of hydrogen-bond donors (Lipinski definition) is 1. The SMILES string of the molecule is CN=C(NCc1cnn(-c2ccc(Cl)cc2)c1)N1CCOC(c2cnn(C)c2)C1.I. The maximum atomic E-state index is 5.96. The highest BCUT2D eigenvalue weighted by atomic mass is 127. The molecule has 2 aromatic heterocycles. The molecule has 1 atom stereocenters. The Hall–Kier alpha value is -2.11. The molecule has 0 radical (unpaired) electrons. The third-order valence-electron chi connectivity index (χ3n) is 4.85. The average Bonchev–Trinajstić information content (AvgIpc) is 3.39. The van der Waals surface area contributed by atoms with Crippen LogP contribution in [-0.2, 0) is 18.3 Å². The van der Waals surface area contributed by atoms with Gasteiger partial charge in [-0.25, -0.2) is 4.68 Å². The van der Waals surface area contributed by atoms with Crippen molar-refractivity contribution in [1.82, 2.24) is 29.8 Å². The Labute approximate surface area is 197 Å². The van der Waals surface area contributed by atoms with Gasteiger partial charge >= 0.3 is 0 Å². The second-order valence-electron chi connectivity index (χ2n) is 6.92. The summed E-state index contributed by atoms with van der Waals surface area (Å²) in [7, 11) is 3.71. The Kier molecular flexibility index (Phi) is 7.73. The molecule has 160 valence electrons. The van der Waals surface area contributed by atoms with E-state index in [0.717, 1.165) is 35.9 Å². The monoisotopic (exact) mass is 541 g/mol. The van der Waals surface area contributed by atoms with Crippen LogP contribution in [0.2, 0.25) is 5.02 Å². The van der Waals surface area contributed by atoms with E-state index in [1.54, 1.807) is 11.7 Å². The van der Waals surface area contributed by atoms with Crippen LogP contribution in [0, 0.1) is 0 Å². The number of halogens is 2. The lowest BCUT2D eigenvalue weighted by Crippen LogP contribution is -2.47. The van der Waals surface area contributed by atoms with Crippen LogP contribution < -0.4 is 5.32 Å². The first kappa shape index (κ1) is 22.6. The minimum absolute atomic E-state index is 0. The van der Waals surface area contributed by atoms with Crippen LogP contribution in [-0.4, -0.2) is 57.2 Å². The number of nitrogens with zero attached hydrogens (tertiary/aromatic N) is 6. The van der Waals surface area contributed by atoms with Gasteiger partial charge in [0.25, 0.3) is 0 Å². The second kappa shape index (κ2) is 10.3. The molecule has 0 spiro atoms. The average molecular weight is 542 g/mol. The third kappa shape index (κ3) is 5.32. The van der Waals surface area contributed by atoms with Crippen LogP contribution >= 0.6 is 35.6 Å². The standard InChI is InChI=1S/C20H24ClN7O.HI/c1-22-20(27-7-8-29-19(14-27)16-11-24-26(2)13-16)23-9-15-10-25-28(12-15)18-5-3-17(21)4-6-18;/h3-6,10-13,19H,7-9,14H2,1-2H3,(H,22,23);1H. The Morgan fingerprint density at radius 2 is 2.03 bits per heavy atom. The number of ether oxygens (including phenoxy) is 1. The van der Waals surface area contributed by atoms with Crippen molar-refractivity contribution in [3.8, 4) is 5.69 Å². The lowest BCUT2D eigenvalue weighted by molar-refractivity contribution is -0.00805. The first-order valence-corrected chi connectivity index (χ1v) is 9.85. The summed E-state index contributed by atoms with van der Waals surface area (Å²) in [6.07, 6.45) is 7.70. The molecular weight excluding hydrogens is 517 g/mol. The summed E-state index contributed by atoms with van der Waals surface area (Å²) in [4.78, 5) is 6.66. The van der Waals surface area contributed by atoms with E-state index in [2.05, 4.69) is 25.4 Å². The molecular formula is C20H25ClIN7O. The number of guanidine groups is 1. The van der Waals surface area contributed by atoms with E-state index < -0.39 is 0 Å². The molecule has 1 aromatic carbocycles. The van der Waals surface area contributed by atoms with Crippen molar-refractivity contribution in [2.45, 2.75) is 12.6 Å². The van der Waals surface area contributed by atoms with Crippen LogP contribution in [0.1, 0.15) is 17.2 Å². The lowest BCUT2D eigenvalue weighted by Gasteiger charge is -2.34. The molecule has 30 heavy (non-hydrogen) atoms. The van der Waals surface area contributed by atoms with Crippen LogP contribution in [0.3, 0.4) is 0 Å². The van der Waals surface area contributed by atoms with Gasteiger partial charge in [-0.3, -0.25) is 9.67 Å². The van der Waals surface area contributed by atoms with Gasteiger partial charge < -0.3 is 15.0 Å². The smallest absolute Gasteiger partial charge is 0.194 e. The van der Waals surface area contributed by atoms with E-state index in [9.17, 15) is 0 Å². The highest BCUT2D eigenvalue weighted by Gasteiger charge is 2.25. The quantitative estimate of drug-likeness (QED) is 0.312. The van der Waals surface area contributed by atoms with Crippen LogP contribution in [0.15, 0.2) is 54.0 Å². The summed E-state index contributed by atoms with van der Waals surface area (Å²) in [6, 6.07) is 7.60. The van der Waals surface area contributed by atoms with Gasteiger partial charge in [0.15, 0.2) is 5.96 Å². The Morgan fingerprint density at radius 3 is 2.73 bits per heavy atom. The minimum Gasteiger partial charge on any atom is -0.370 e. The Morgan fingerprint density at radius 1 is 1.23 bits per heavy atom. The molecule has 1 N–H and O–H groups in total. The summed E-state index contributed by atoms with van der Waals surface area (Å²) >= 11 is 5.96. The number of nitrogens with one attached hydrogen (secondary N) is 1. The van der Waals surface area contributed by atoms with E-state index in [1.807, 2.05) is 60.8 Å². The normalized spacial score (nSPS) is 17.0. The van der Waals surface area contributed by atoms with Gasteiger partial charge in [0.2, 0.25) is 0 Å². The minimum atomic E-state index is -0.0105. The molecule has 3 heterocycles. The maximum absolute atomic E-state index is 5.96. The summed E-state index contributed by atoms with van der Waals surface area (Å²) < 4.78 is 9.56. The maximum Gasteiger partial charge on any atom is 0.194 e. The molecule has 0 bridgehead atoms. The molecule has 3 aromatic rings. The number of rotatable bonds is 4. The van der Waals surface area contributed by atoms with Crippen molar-refractivity contribution in [2.24, 2.45) is 12.0 Å². The van der Waals surface area contributed by atoms with Crippen molar-refractivity contribution in [2.75, 3.05) is 26.7 Å². The fraction of sp³-hybridized carbons (Fsp3) is 0.350. The predicted octanol–water partition coefficient (Wildman–Crippen LogP) is 3.03. The van der Waals surface area contributed by atoms with Crippen LogP contribution in [0.5, 0.6) is 0 Å². The van der Waals surface area contributed by atoms with E-state index in [4.69, 9.17) is 16.3 Å². The van der Waals surface area contributed by atoms with E-state index >= 15 is 0 Å². The highest BCUT2D eigenvalue weighted by Crippen LogP contribution is 2.21. The molecule has 0 aliphatic carbocycles. The zero-order chi connectivity index (χ0) is 20.2. The first-order valence-electron chi connectivity index (χ1n) is 9.47. The van der Waals surface area contributed by atoms with Gasteiger partial charge in [-0.05, 0) is 24.3 Å². The number of benzene rings is 1. The zero-order valence-electron chi connectivity index (χ0n) is 16.9. The van der Waals surface area contributed by atoms with Crippen molar-refractivity contribution < 1.29 is 4.74 Å². The van der Waals surface area contributed by atoms with Gasteiger partial charge in [0, 0.05) is 55.7 Å². The Balaban J connectivity index is 0.00000256. The van der Waals surface area contributed by atoms with Gasteiger partial charge in [0.05, 0.1) is 31.2 Å². The van der Waals surface area contributed by atoms with Crippen molar-refractivity contribution in [3.63, 3.8) is 0 Å². The zero-order valence-corrected chi connectivity index (χ0v) is 20.0. The molecule has 1 fully saturated rings. The fourth-order valence-corrected chi connectivity index (χ4v) is 3.48. The van der Waals surface area contributed by atoms with Gasteiger partial charge in [-0.15, -0.1) is 24.0 Å². The molecule has 1 aliphatic heterocycles. The second-order valence-corrected chi connectivity index (χ2v) is 7.36. The number of morpholine rings is 1. The van der Waals surface area contributed by atoms with Crippen LogP contribution in [0.4, 0.5) is 0 Å². The van der Waals surface area contributed by atoms with Crippen molar-refractivity contribution in [1.29, 1.82) is 0 Å². The van der Waals surface area contributed by atoms with Crippen LogP contribution in [0.25, 0.3) is 5.69 Å². The molecule has 8 nitrogen and oxygen atoms in total. The summed E-state index contributed by atoms with van der Waals surface area (Å²) in [5.41, 5.74) is 3.12. The summed E-state index contributed by atoms with van der Waals surface area (Å²) in [6.45, 7) is 2.81. The molecule has 1 saturated heterocycles. The molecule has 0 amide bonds. The molecule has 10 heteroatoms. The summed E-state index contributed by atoms with van der Waals surface area (Å²) in [5, 5.41) is 12.8. The van der Waals surface area contributed by atoms with Gasteiger partial charge in [-0.2, -0.15) is 10.2 Å². The molecule has 1 aliphatic rings. The largest absolute Gasteiger partial charge is 0.370 e. The van der Waals surface area contributed by atoms with Crippen molar-refractivity contribution >= 4 is 41.5 Å². The van der Waals surface area contributed by atoms with Crippen molar-refractivity contribution in [3.05, 3.63) is 65.2 Å². The van der Waals surface area contributed by atoms with E-state index in [-0.39, 0.29) is 30.1 Å². The van der Waals surface area contributed by atoms with E-state index in [0.29, 0.717) is 18.2 Å². The predicted molar refractivity (Wildman–Crippen MR) is 128 cm³/mol. The van der Waals surface area contributed by atoms with Gasteiger partial charge in [0.1, 0.15) is 6.10 Å². The molecule has 1 unspecified atom stereocenters. The molecule has 0 saturated carbocycles. The highest BCUT2D eigenvalue weighted by molar-refractivity contribution is 14.0. The van der Waals surface area contributed by atoms with E-state index in [1.165, 1.54) is 0 Å². The van der Waals surface area contributed by atoms with Gasteiger partial charge in [-0.1, -0.05) is 11.6 Å². The fourth-order valence-electron chi connectivity index (χ4n) is 3.35.